The number of halogens is 4. The van der Waals surface area contributed by atoms with Crippen molar-refractivity contribution in [3.63, 3.8) is 0 Å². The first kappa shape index (κ1) is 30.5. The van der Waals surface area contributed by atoms with Gasteiger partial charge in [0.1, 0.15) is 11.6 Å². The summed E-state index contributed by atoms with van der Waals surface area (Å²) in [5.41, 5.74) is 4.77. The Morgan fingerprint density at radius 3 is 2.10 bits per heavy atom. The topological polar surface area (TPSA) is 0 Å². The summed E-state index contributed by atoms with van der Waals surface area (Å²) in [5, 5.41) is 0. The Bertz CT molecular complexity index is 846. The van der Waals surface area contributed by atoms with E-state index in [1.807, 2.05) is 18.2 Å². The third kappa shape index (κ3) is 9.46. The van der Waals surface area contributed by atoms with Gasteiger partial charge in [-0.3, -0.25) is 0 Å². The van der Waals surface area contributed by atoms with Gasteiger partial charge in [0.2, 0.25) is 0 Å². The summed E-state index contributed by atoms with van der Waals surface area (Å²) in [6.07, 6.45) is 13.8. The molecule has 5 rings (SSSR count). The quantitative estimate of drug-likeness (QED) is 0.398. The molecule has 0 amide bonds. The number of hydrogen-bond acceptors (Lipinski definition) is 0. The Morgan fingerprint density at radius 1 is 0.871 bits per heavy atom. The maximum absolute atomic E-state index is 13.1. The van der Waals surface area contributed by atoms with Crippen LogP contribution < -0.4 is 24.8 Å². The summed E-state index contributed by atoms with van der Waals surface area (Å²) in [6, 6.07) is 14.4. The second kappa shape index (κ2) is 16.1. The van der Waals surface area contributed by atoms with E-state index in [9.17, 15) is 8.78 Å². The first-order chi connectivity index (χ1) is 13.7. The fourth-order valence-electron chi connectivity index (χ4n) is 3.92. The van der Waals surface area contributed by atoms with Gasteiger partial charge in [-0.15, -0.1) is 0 Å². The van der Waals surface area contributed by atoms with Crippen LogP contribution in [0.4, 0.5) is 8.78 Å². The van der Waals surface area contributed by atoms with Crippen LogP contribution in [-0.4, -0.2) is 10.2 Å². The minimum Gasteiger partial charge on any atom is -1.00 e. The van der Waals surface area contributed by atoms with E-state index >= 15 is 0 Å². The third-order valence-corrected chi connectivity index (χ3v) is 6.08. The molecule has 0 N–H and O–H groups in total. The molecule has 31 heavy (non-hydrogen) atoms. The zero-order chi connectivity index (χ0) is 19.8. The summed E-state index contributed by atoms with van der Waals surface area (Å²) in [7, 11) is 3.56. The summed E-state index contributed by atoms with van der Waals surface area (Å²) >= 11 is 0. The number of benzene rings is 2. The largest absolute Gasteiger partial charge is 2.00 e. The smallest absolute Gasteiger partial charge is 1.00 e. The molecule has 0 aromatic heterocycles. The molecular formula is C25H27Cl2F2SiZr. The van der Waals surface area contributed by atoms with Crippen LogP contribution >= 0.6 is 0 Å². The van der Waals surface area contributed by atoms with Crippen molar-refractivity contribution in [1.29, 1.82) is 0 Å². The van der Waals surface area contributed by atoms with Crippen molar-refractivity contribution in [2.75, 3.05) is 0 Å². The van der Waals surface area contributed by atoms with E-state index in [-0.39, 0.29) is 62.7 Å². The summed E-state index contributed by atoms with van der Waals surface area (Å²) in [6.45, 7) is 0. The number of fused-ring (bicyclic) bond motifs is 3. The van der Waals surface area contributed by atoms with E-state index in [1.54, 1.807) is 18.2 Å². The minimum absolute atomic E-state index is 0. The molecule has 3 aliphatic carbocycles. The van der Waals surface area contributed by atoms with Gasteiger partial charge in [0.05, 0.1) is 0 Å². The summed E-state index contributed by atoms with van der Waals surface area (Å²) in [5.74, 6) is 0.746. The second-order valence-corrected chi connectivity index (χ2v) is 7.98. The molecule has 0 heterocycles. The van der Waals surface area contributed by atoms with Crippen molar-refractivity contribution in [2.45, 2.75) is 51.0 Å². The molecule has 0 unspecified atom stereocenters. The Hall–Kier alpha value is -0.540. The predicted molar refractivity (Wildman–Crippen MR) is 115 cm³/mol. The number of hydrogen-bond donors (Lipinski definition) is 0. The van der Waals surface area contributed by atoms with Crippen LogP contribution in [0.15, 0.2) is 66.5 Å². The number of rotatable bonds is 1. The van der Waals surface area contributed by atoms with Crippen molar-refractivity contribution < 1.29 is 59.8 Å². The molecule has 0 bridgehead atoms. The molecule has 3 aliphatic rings. The van der Waals surface area contributed by atoms with Crippen LogP contribution in [0.25, 0.3) is 11.1 Å². The molecule has 0 atom stereocenters. The monoisotopic (exact) mass is 553 g/mol. The molecule has 3 radical (unpaired) electrons. The number of allylic oxidation sites excluding steroid dienone is 4. The normalized spacial score (nSPS) is 15.3. The molecule has 2 aromatic carbocycles. The van der Waals surface area contributed by atoms with Gasteiger partial charge < -0.3 is 24.8 Å². The Morgan fingerprint density at radius 2 is 1.55 bits per heavy atom. The second-order valence-electron chi connectivity index (χ2n) is 7.57. The summed E-state index contributed by atoms with van der Waals surface area (Å²) in [4.78, 5) is 0. The predicted octanol–water partition coefficient (Wildman–Crippen LogP) is 1.36. The van der Waals surface area contributed by atoms with Gasteiger partial charge >= 0.3 is 26.2 Å². The van der Waals surface area contributed by atoms with E-state index in [0.717, 1.165) is 24.3 Å². The van der Waals surface area contributed by atoms with Crippen LogP contribution in [0, 0.1) is 11.7 Å². The summed E-state index contributed by atoms with van der Waals surface area (Å²) < 4.78 is 24.8. The standard InChI is InChI=1S/C13H9F.C7H13Si.C5H5F.2ClH.Zr/c14-11-6-5-10-7-9-3-1-2-4-12(9)13(10)8-11;8-6-7-4-2-1-3-5-7;6-5-3-1-2-4-5;;;/h1-6,8H,7H2;7H,1-6H2;1,3-4H,2H2;2*1H;/q;;;;;+2/p-2. The van der Waals surface area contributed by atoms with E-state index in [0.29, 0.717) is 0 Å². The van der Waals surface area contributed by atoms with Crippen LogP contribution in [-0.2, 0) is 32.6 Å². The van der Waals surface area contributed by atoms with Crippen molar-refractivity contribution in [2.24, 2.45) is 5.92 Å². The van der Waals surface area contributed by atoms with Gasteiger partial charge in [0.25, 0.3) is 0 Å². The van der Waals surface area contributed by atoms with Gasteiger partial charge in [0, 0.05) is 10.2 Å². The van der Waals surface area contributed by atoms with Gasteiger partial charge in [0.15, 0.2) is 0 Å². The molecule has 2 aromatic rings. The van der Waals surface area contributed by atoms with Crippen molar-refractivity contribution in [3.05, 3.63) is 83.5 Å². The van der Waals surface area contributed by atoms with E-state index in [2.05, 4.69) is 22.4 Å². The van der Waals surface area contributed by atoms with Gasteiger partial charge in [-0.25, -0.2) is 8.78 Å². The average Bonchev–Trinajstić information content (AvgIpc) is 3.36. The minimum atomic E-state index is -0.152. The van der Waals surface area contributed by atoms with Gasteiger partial charge in [-0.2, -0.15) is 0 Å². The molecule has 163 valence electrons. The maximum atomic E-state index is 13.1. The molecule has 1 fully saturated rings. The van der Waals surface area contributed by atoms with Crippen LogP contribution in [0.1, 0.15) is 49.7 Å². The van der Waals surface area contributed by atoms with Gasteiger partial charge in [-0.1, -0.05) is 74.6 Å². The third-order valence-electron chi connectivity index (χ3n) is 5.50. The first-order valence-electron chi connectivity index (χ1n) is 10.2. The first-order valence-corrected chi connectivity index (χ1v) is 10.9. The Labute approximate surface area is 220 Å². The SMILES string of the molecule is FC1=CCC=C1.Fc1ccc2c(c1)-c1ccccc1C2.[Cl-].[Cl-].[Si]CC1CCCCC1.[Zr+2]. The average molecular weight is 556 g/mol. The van der Waals surface area contributed by atoms with Crippen molar-refractivity contribution in [1.82, 2.24) is 0 Å². The maximum Gasteiger partial charge on any atom is 2.00 e. The van der Waals surface area contributed by atoms with E-state index in [1.165, 1.54) is 67.0 Å². The molecule has 0 saturated heterocycles. The molecule has 1 saturated carbocycles. The Kier molecular flexibility index (Phi) is 15.9. The van der Waals surface area contributed by atoms with Crippen LogP contribution in [0.2, 0.25) is 6.04 Å². The zero-order valence-electron chi connectivity index (χ0n) is 17.5. The molecule has 0 nitrogen and oxygen atoms in total. The fourth-order valence-corrected chi connectivity index (χ4v) is 4.32. The molecule has 0 aliphatic heterocycles. The van der Waals surface area contributed by atoms with Gasteiger partial charge in [-0.05, 0) is 65.3 Å². The zero-order valence-corrected chi connectivity index (χ0v) is 22.5. The van der Waals surface area contributed by atoms with E-state index < -0.39 is 0 Å². The van der Waals surface area contributed by atoms with Crippen molar-refractivity contribution in [3.8, 4) is 11.1 Å². The molecular weight excluding hydrogens is 528 g/mol. The van der Waals surface area contributed by atoms with E-state index in [4.69, 9.17) is 0 Å². The molecule has 6 heteroatoms. The molecule has 0 spiro atoms. The Balaban J connectivity index is 0.000000459. The fraction of sp³-hybridized carbons (Fsp3) is 0.360. The van der Waals surface area contributed by atoms with Crippen molar-refractivity contribution >= 4 is 10.2 Å². The van der Waals surface area contributed by atoms with Crippen LogP contribution in [0.5, 0.6) is 0 Å². The van der Waals surface area contributed by atoms with Crippen LogP contribution in [0.3, 0.4) is 0 Å².